The van der Waals surface area contributed by atoms with Gasteiger partial charge in [0.1, 0.15) is 0 Å². The quantitative estimate of drug-likeness (QED) is 0.0320. The zero-order valence-corrected chi connectivity index (χ0v) is 51.3. The number of esters is 1. The number of aliphatic hydroxyl groups is 2. The van der Waals surface area contributed by atoms with E-state index in [2.05, 4.69) is 43.5 Å². The third-order valence-corrected chi connectivity index (χ3v) is 15.9. The van der Waals surface area contributed by atoms with Crippen molar-refractivity contribution in [3.8, 4) is 0 Å². The van der Waals surface area contributed by atoms with Crippen LogP contribution in [0.25, 0.3) is 0 Å². The molecule has 448 valence electrons. The number of allylic oxidation sites excluding steroid dienone is 5. The average molecular weight is 1070 g/mol. The van der Waals surface area contributed by atoms with Crippen molar-refractivity contribution in [1.82, 2.24) is 5.32 Å². The minimum Gasteiger partial charge on any atom is -0.466 e. The van der Waals surface area contributed by atoms with Crippen LogP contribution in [0.5, 0.6) is 0 Å². The molecular weight excluding hydrogens is 935 g/mol. The first-order chi connectivity index (χ1) is 37.5. The molecule has 0 saturated heterocycles. The van der Waals surface area contributed by atoms with Gasteiger partial charge in [0.15, 0.2) is 0 Å². The summed E-state index contributed by atoms with van der Waals surface area (Å²) in [5.74, 6) is -0.0586. The highest BCUT2D eigenvalue weighted by atomic mass is 16.5. The molecule has 2 unspecified atom stereocenters. The Morgan fingerprint density at radius 2 is 0.658 bits per heavy atom. The van der Waals surface area contributed by atoms with Gasteiger partial charge in [-0.3, -0.25) is 9.59 Å². The van der Waals surface area contributed by atoms with Gasteiger partial charge in [0, 0.05) is 12.8 Å². The van der Waals surface area contributed by atoms with Gasteiger partial charge in [-0.15, -0.1) is 0 Å². The minimum atomic E-state index is -0.843. The SMILES string of the molecule is CCCCCC/C=C\C/C=C\CCCCCCCC(=O)OCCCCCCCCCCCCCCCCCCCCCCCCCCCCCC(=O)NC(CO)C(O)/C=C/CCCCCCCCCCCCCCCC. The maximum absolute atomic E-state index is 12.5. The summed E-state index contributed by atoms with van der Waals surface area (Å²) in [6, 6.07) is -0.626. The molecule has 0 aliphatic carbocycles. The highest BCUT2D eigenvalue weighted by Crippen LogP contribution is 2.18. The molecule has 0 saturated carbocycles. The van der Waals surface area contributed by atoms with Crippen molar-refractivity contribution in [2.24, 2.45) is 0 Å². The molecule has 0 aromatic carbocycles. The first-order valence-corrected chi connectivity index (χ1v) is 34.3. The summed E-state index contributed by atoms with van der Waals surface area (Å²) in [5.41, 5.74) is 0. The van der Waals surface area contributed by atoms with Crippen LogP contribution in [0, 0.1) is 0 Å². The first kappa shape index (κ1) is 74.1. The zero-order chi connectivity index (χ0) is 55.0. The Morgan fingerprint density at radius 3 is 1.01 bits per heavy atom. The maximum Gasteiger partial charge on any atom is 0.305 e. The largest absolute Gasteiger partial charge is 0.466 e. The van der Waals surface area contributed by atoms with Gasteiger partial charge in [0.05, 0.1) is 25.4 Å². The van der Waals surface area contributed by atoms with Crippen LogP contribution >= 0.6 is 0 Å². The van der Waals surface area contributed by atoms with Crippen LogP contribution < -0.4 is 5.32 Å². The fraction of sp³-hybridized carbons (Fsp3) is 0.886. The molecule has 0 bridgehead atoms. The van der Waals surface area contributed by atoms with Gasteiger partial charge < -0.3 is 20.3 Å². The van der Waals surface area contributed by atoms with Crippen LogP contribution in [0.1, 0.15) is 373 Å². The molecule has 0 aromatic rings. The number of nitrogens with one attached hydrogen (secondary N) is 1. The molecule has 6 heteroatoms. The summed E-state index contributed by atoms with van der Waals surface area (Å²) < 4.78 is 5.49. The van der Waals surface area contributed by atoms with Crippen LogP contribution in [0.2, 0.25) is 0 Å². The van der Waals surface area contributed by atoms with E-state index in [1.807, 2.05) is 6.08 Å². The molecule has 0 aliphatic heterocycles. The van der Waals surface area contributed by atoms with Crippen molar-refractivity contribution in [1.29, 1.82) is 0 Å². The molecule has 0 aromatic heterocycles. The van der Waals surface area contributed by atoms with E-state index >= 15 is 0 Å². The van der Waals surface area contributed by atoms with E-state index in [0.717, 1.165) is 51.4 Å². The lowest BCUT2D eigenvalue weighted by Gasteiger charge is -2.20. The Morgan fingerprint density at radius 1 is 0.368 bits per heavy atom. The number of hydrogen-bond donors (Lipinski definition) is 3. The lowest BCUT2D eigenvalue weighted by Crippen LogP contribution is -2.45. The van der Waals surface area contributed by atoms with E-state index in [1.54, 1.807) is 6.08 Å². The molecule has 0 aliphatic rings. The van der Waals surface area contributed by atoms with E-state index in [4.69, 9.17) is 4.74 Å². The second-order valence-corrected chi connectivity index (χ2v) is 23.5. The Kier molecular flexibility index (Phi) is 63.9. The second kappa shape index (κ2) is 65.6. The number of carbonyl (C=O) groups excluding carboxylic acids is 2. The highest BCUT2D eigenvalue weighted by Gasteiger charge is 2.18. The second-order valence-electron chi connectivity index (χ2n) is 23.5. The monoisotopic (exact) mass is 1070 g/mol. The predicted molar refractivity (Wildman–Crippen MR) is 333 cm³/mol. The van der Waals surface area contributed by atoms with Crippen LogP contribution in [0.3, 0.4) is 0 Å². The van der Waals surface area contributed by atoms with Crippen molar-refractivity contribution in [2.45, 2.75) is 386 Å². The number of rotatable bonds is 64. The van der Waals surface area contributed by atoms with Crippen molar-refractivity contribution in [3.63, 3.8) is 0 Å². The third kappa shape index (κ3) is 61.3. The number of aliphatic hydroxyl groups excluding tert-OH is 2. The van der Waals surface area contributed by atoms with Gasteiger partial charge in [0.2, 0.25) is 5.91 Å². The van der Waals surface area contributed by atoms with E-state index in [0.29, 0.717) is 19.4 Å². The topological polar surface area (TPSA) is 95.9 Å². The lowest BCUT2D eigenvalue weighted by atomic mass is 10.0. The molecule has 2 atom stereocenters. The Balaban J connectivity index is 3.37. The van der Waals surface area contributed by atoms with Gasteiger partial charge in [0.25, 0.3) is 0 Å². The van der Waals surface area contributed by atoms with Crippen LogP contribution in [-0.4, -0.2) is 47.4 Å². The van der Waals surface area contributed by atoms with Gasteiger partial charge in [-0.05, 0) is 64.2 Å². The Labute approximate surface area is 474 Å². The van der Waals surface area contributed by atoms with E-state index in [9.17, 15) is 19.8 Å². The minimum absolute atomic E-state index is 0.00448. The fourth-order valence-corrected chi connectivity index (χ4v) is 10.7. The molecule has 1 amide bonds. The van der Waals surface area contributed by atoms with Crippen molar-refractivity contribution < 1.29 is 24.5 Å². The molecule has 3 N–H and O–H groups in total. The summed E-state index contributed by atoms with van der Waals surface area (Å²) in [6.45, 7) is 4.91. The first-order valence-electron chi connectivity index (χ1n) is 34.3. The summed E-state index contributed by atoms with van der Waals surface area (Å²) in [7, 11) is 0. The fourth-order valence-electron chi connectivity index (χ4n) is 10.7. The predicted octanol–water partition coefficient (Wildman–Crippen LogP) is 21.9. The Bertz CT molecular complexity index is 1230. The molecule has 0 heterocycles. The number of carbonyl (C=O) groups is 2. The molecule has 0 rings (SSSR count). The van der Waals surface area contributed by atoms with Crippen molar-refractivity contribution in [2.75, 3.05) is 13.2 Å². The summed E-state index contributed by atoms with van der Waals surface area (Å²) >= 11 is 0. The van der Waals surface area contributed by atoms with Crippen LogP contribution in [-0.2, 0) is 14.3 Å². The summed E-state index contributed by atoms with van der Waals surface area (Å²) in [6.07, 6.45) is 83.5. The molecule has 6 nitrogen and oxygen atoms in total. The van der Waals surface area contributed by atoms with E-state index in [1.165, 1.54) is 295 Å². The van der Waals surface area contributed by atoms with Crippen molar-refractivity contribution >= 4 is 11.9 Å². The molecule has 76 heavy (non-hydrogen) atoms. The maximum atomic E-state index is 12.5. The molecule has 0 radical (unpaired) electrons. The number of ether oxygens (including phenoxy) is 1. The summed E-state index contributed by atoms with van der Waals surface area (Å²) in [5, 5.41) is 23.2. The van der Waals surface area contributed by atoms with Crippen LogP contribution in [0.15, 0.2) is 36.5 Å². The smallest absolute Gasteiger partial charge is 0.305 e. The van der Waals surface area contributed by atoms with Crippen LogP contribution in [0.4, 0.5) is 0 Å². The highest BCUT2D eigenvalue weighted by molar-refractivity contribution is 5.76. The number of amides is 1. The van der Waals surface area contributed by atoms with Gasteiger partial charge in [-0.1, -0.05) is 333 Å². The van der Waals surface area contributed by atoms with E-state index < -0.39 is 12.1 Å². The molecule has 0 spiro atoms. The lowest BCUT2D eigenvalue weighted by molar-refractivity contribution is -0.143. The zero-order valence-electron chi connectivity index (χ0n) is 51.3. The third-order valence-electron chi connectivity index (χ3n) is 15.9. The summed E-state index contributed by atoms with van der Waals surface area (Å²) in [4.78, 5) is 24.6. The molecular formula is C70H133NO5. The molecule has 0 fully saturated rings. The number of unbranched alkanes of at least 4 members (excludes halogenated alkanes) is 49. The normalized spacial score (nSPS) is 12.7. The number of hydrogen-bond acceptors (Lipinski definition) is 5. The van der Waals surface area contributed by atoms with Crippen molar-refractivity contribution in [3.05, 3.63) is 36.5 Å². The average Bonchev–Trinajstić information content (AvgIpc) is 3.42. The van der Waals surface area contributed by atoms with Gasteiger partial charge >= 0.3 is 5.97 Å². The van der Waals surface area contributed by atoms with Gasteiger partial charge in [-0.2, -0.15) is 0 Å². The van der Waals surface area contributed by atoms with Gasteiger partial charge in [-0.25, -0.2) is 0 Å². The Hall–Kier alpha value is -1.92. The van der Waals surface area contributed by atoms with E-state index in [-0.39, 0.29) is 18.5 Å². The standard InChI is InChI=1S/C70H133NO5/c1-3-5-7-9-11-13-15-17-19-34-38-42-46-50-54-58-62-68(73)67(66-72)71-69(74)63-59-55-51-47-43-39-35-32-30-28-26-24-22-21-23-25-27-29-31-33-37-41-45-49-53-57-61-65-76-70(75)64-60-56-52-48-44-40-36-20-18-16-14-12-10-8-6-4-2/h14,16,20,36,58,62,67-68,72-73H,3-13,15,17-19,21-35,37-57,59-61,63-66H2,1-2H3,(H,71,74)/b16-14-,36-20-,62-58+.